The van der Waals surface area contributed by atoms with Gasteiger partial charge in [-0.1, -0.05) is 39.8 Å². The van der Waals surface area contributed by atoms with Crippen molar-refractivity contribution in [3.8, 4) is 5.75 Å². The van der Waals surface area contributed by atoms with E-state index < -0.39 is 76.0 Å². The Hall–Kier alpha value is -3.26. The van der Waals surface area contributed by atoms with E-state index in [1.807, 2.05) is 27.7 Å². The van der Waals surface area contributed by atoms with Gasteiger partial charge in [-0.25, -0.2) is 21.9 Å². The summed E-state index contributed by atoms with van der Waals surface area (Å²) in [5, 5.41) is 14.4. The van der Waals surface area contributed by atoms with Crippen LogP contribution < -0.4 is 10.2 Å². The molecular weight excluding hydrogens is 606 g/mol. The van der Waals surface area contributed by atoms with Crippen molar-refractivity contribution < 1.29 is 46.4 Å². The van der Waals surface area contributed by atoms with Gasteiger partial charge in [0.15, 0.2) is 18.6 Å². The van der Waals surface area contributed by atoms with Gasteiger partial charge in [-0.2, -0.15) is 5.10 Å². The molecule has 3 saturated carbocycles. The molecule has 14 heteroatoms. The molecule has 45 heavy (non-hydrogen) atoms. The summed E-state index contributed by atoms with van der Waals surface area (Å²) in [7, 11) is -5.43. The third kappa shape index (κ3) is 5.27. The minimum absolute atomic E-state index is 0.0152. The molecule has 0 amide bonds. The number of benzene rings is 1. The summed E-state index contributed by atoms with van der Waals surface area (Å²) in [6.45, 7) is 11.5. The predicted molar refractivity (Wildman–Crippen MR) is 164 cm³/mol. The van der Waals surface area contributed by atoms with Crippen LogP contribution >= 0.6 is 0 Å². The molecule has 1 N–H and O–H groups in total. The molecule has 11 nitrogen and oxygen atoms in total. The lowest BCUT2D eigenvalue weighted by molar-refractivity contribution is -0.211. The highest BCUT2D eigenvalue weighted by molar-refractivity contribution is 7.89. The van der Waals surface area contributed by atoms with Crippen LogP contribution in [0, 0.1) is 34.0 Å². The number of nitrogens with zero attached hydrogens (tertiary/aromatic N) is 2. The Balaban J connectivity index is 1.45. The van der Waals surface area contributed by atoms with Crippen LogP contribution in [0.15, 0.2) is 36.0 Å². The number of Topliss-reactive ketones (excluding diaryl/α,β-unsaturated/α-hetero) is 1. The molecule has 5 rings (SSSR count). The Labute approximate surface area is 263 Å². The van der Waals surface area contributed by atoms with Crippen LogP contribution in [0.3, 0.4) is 0 Å². The Morgan fingerprint density at radius 1 is 1.29 bits per heavy atom. The number of sulfonamides is 1. The number of hydrogen-bond donors (Lipinski definition) is 1. The normalized spacial score (nSPS) is 37.5. The van der Waals surface area contributed by atoms with Crippen LogP contribution in [0.4, 0.5) is 4.39 Å². The van der Waals surface area contributed by atoms with E-state index >= 15 is 4.39 Å². The Bertz CT molecular complexity index is 1540. The SMILES string of the molecule is C=C[C@]1(C)C[C@@H](OC(=O)COc2ccc3c(c2)B(O)N(S(C)(=O)=O)N=C3)[C@]2(C)[C@H](C)CC[C@]3(C[C@H](F)C(=O)[C@H]32)[C@@H](C)[C@@H]1OC=O. The average Bonchev–Trinajstić information content (AvgIpc) is 3.26. The number of esters is 1. The molecule has 9 atom stereocenters. The molecule has 1 aromatic carbocycles. The molecule has 0 aromatic heterocycles. The van der Waals surface area contributed by atoms with Gasteiger partial charge in [0.2, 0.25) is 10.0 Å². The second-order valence-corrected chi connectivity index (χ2v) is 15.5. The molecule has 3 fully saturated rings. The van der Waals surface area contributed by atoms with Gasteiger partial charge in [0.1, 0.15) is 18.0 Å². The lowest BCUT2D eigenvalue weighted by Crippen LogP contribution is -2.63. The monoisotopic (exact) mass is 646 g/mol. The van der Waals surface area contributed by atoms with Gasteiger partial charge in [-0.3, -0.25) is 9.59 Å². The molecule has 4 aliphatic rings. The topological polar surface area (TPSA) is 149 Å². The van der Waals surface area contributed by atoms with Gasteiger partial charge in [-0.05, 0) is 60.2 Å². The quantitative estimate of drug-likeness (QED) is 0.195. The van der Waals surface area contributed by atoms with Crippen LogP contribution in [-0.4, -0.2) is 80.5 Å². The van der Waals surface area contributed by atoms with E-state index in [-0.39, 0.29) is 35.9 Å². The fourth-order valence-electron chi connectivity index (χ4n) is 8.65. The second kappa shape index (κ2) is 11.5. The smallest absolute Gasteiger partial charge is 0.482 e. The molecule has 0 unspecified atom stereocenters. The zero-order chi connectivity index (χ0) is 33.1. The van der Waals surface area contributed by atoms with Crippen LogP contribution in [0.2, 0.25) is 0 Å². The lowest BCUT2D eigenvalue weighted by atomic mass is 9.44. The van der Waals surface area contributed by atoms with E-state index in [2.05, 4.69) is 11.7 Å². The molecule has 0 spiro atoms. The molecule has 1 aliphatic heterocycles. The standard InChI is InChI=1S/C31H40BFN2O9S/c1-7-29(4)14-24(30(5)18(2)10-11-31(19(3)28(29)43-17-36)13-23(33)26(38)27(30)31)44-25(37)16-42-21-9-8-20-15-34-35(45(6,40)41)32(39)22(20)12-21/h7-9,12,15,17-19,23-24,27-28,39H,1,10-11,13-14,16H2,2-6H3/t18-,19+,23+,24-,27+,28+,29-,30+,31+/m1/s1. The number of hydrogen-bond acceptors (Lipinski definition) is 10. The zero-order valence-electron chi connectivity index (χ0n) is 26.1. The molecule has 0 radical (unpaired) electrons. The Morgan fingerprint density at radius 3 is 2.64 bits per heavy atom. The first-order valence-electron chi connectivity index (χ1n) is 15.1. The molecule has 244 valence electrons. The van der Waals surface area contributed by atoms with Crippen molar-refractivity contribution in [2.45, 2.75) is 71.8 Å². The number of ketones is 1. The first-order valence-corrected chi connectivity index (χ1v) is 17.0. The maximum absolute atomic E-state index is 15.4. The van der Waals surface area contributed by atoms with Gasteiger partial charge < -0.3 is 19.2 Å². The second-order valence-electron chi connectivity index (χ2n) is 13.6. The number of ether oxygens (including phenoxy) is 3. The van der Waals surface area contributed by atoms with E-state index in [4.69, 9.17) is 14.2 Å². The summed E-state index contributed by atoms with van der Waals surface area (Å²) >= 11 is 0. The molecule has 1 aromatic rings. The van der Waals surface area contributed by atoms with Crippen molar-refractivity contribution in [1.29, 1.82) is 0 Å². The van der Waals surface area contributed by atoms with Crippen LogP contribution in [0.5, 0.6) is 5.75 Å². The van der Waals surface area contributed by atoms with E-state index in [1.165, 1.54) is 12.3 Å². The summed E-state index contributed by atoms with van der Waals surface area (Å²) in [4.78, 5) is 38.8. The third-order valence-electron chi connectivity index (χ3n) is 11.3. The van der Waals surface area contributed by atoms with Crippen molar-refractivity contribution in [3.63, 3.8) is 0 Å². The van der Waals surface area contributed by atoms with E-state index in [0.29, 0.717) is 29.2 Å². The lowest BCUT2D eigenvalue weighted by Gasteiger charge is -2.61. The number of alkyl halides is 1. The molecule has 3 aliphatic carbocycles. The Morgan fingerprint density at radius 2 is 2.00 bits per heavy atom. The largest absolute Gasteiger partial charge is 0.484 e. The first kappa shape index (κ1) is 33.1. The summed E-state index contributed by atoms with van der Waals surface area (Å²) in [5.74, 6) is -2.29. The predicted octanol–water partition coefficient (Wildman–Crippen LogP) is 2.40. The van der Waals surface area contributed by atoms with Gasteiger partial charge >= 0.3 is 13.0 Å². The highest BCUT2D eigenvalue weighted by atomic mass is 32.2. The summed E-state index contributed by atoms with van der Waals surface area (Å²) in [5.41, 5.74) is -1.90. The zero-order valence-corrected chi connectivity index (χ0v) is 27.0. The number of fused-ring (bicyclic) bond motifs is 1. The van der Waals surface area contributed by atoms with Crippen molar-refractivity contribution in [3.05, 3.63) is 36.4 Å². The van der Waals surface area contributed by atoms with E-state index in [9.17, 15) is 27.8 Å². The molecule has 0 saturated heterocycles. The maximum atomic E-state index is 15.4. The number of rotatable bonds is 8. The average molecular weight is 647 g/mol. The number of hydrazone groups is 1. The van der Waals surface area contributed by atoms with Crippen molar-refractivity contribution in [2.24, 2.45) is 39.1 Å². The number of carbonyl (C=O) groups excluding carboxylic acids is 3. The minimum atomic E-state index is -3.85. The van der Waals surface area contributed by atoms with E-state index in [1.54, 1.807) is 18.2 Å². The van der Waals surface area contributed by atoms with Gasteiger partial charge in [0, 0.05) is 22.7 Å². The molecule has 2 bridgehead atoms. The third-order valence-corrected chi connectivity index (χ3v) is 12.3. The number of halogens is 1. The number of carbonyl (C=O) groups is 3. The van der Waals surface area contributed by atoms with Crippen molar-refractivity contribution >= 4 is 47.0 Å². The molecular formula is C31H40BFN2O9S. The summed E-state index contributed by atoms with van der Waals surface area (Å²) < 4.78 is 57.6. The highest BCUT2D eigenvalue weighted by Gasteiger charge is 2.71. The first-order chi connectivity index (χ1) is 21.0. The van der Waals surface area contributed by atoms with Gasteiger partial charge in [0.05, 0.1) is 12.5 Å². The van der Waals surface area contributed by atoms with Crippen molar-refractivity contribution in [2.75, 3.05) is 12.9 Å². The fraction of sp³-hybridized carbons (Fsp3) is 0.613. The Kier molecular flexibility index (Phi) is 8.48. The summed E-state index contributed by atoms with van der Waals surface area (Å²) in [6.07, 6.45) is 2.05. The van der Waals surface area contributed by atoms with Gasteiger partial charge in [-0.15, -0.1) is 6.58 Å². The molecule has 1 heterocycles. The van der Waals surface area contributed by atoms with Crippen LogP contribution in [0.25, 0.3) is 0 Å². The van der Waals surface area contributed by atoms with Crippen molar-refractivity contribution in [1.82, 2.24) is 4.33 Å². The highest BCUT2D eigenvalue weighted by Crippen LogP contribution is 2.68. The van der Waals surface area contributed by atoms with Crippen LogP contribution in [-0.2, 0) is 33.9 Å². The summed E-state index contributed by atoms with van der Waals surface area (Å²) in [6, 6.07) is 4.54. The van der Waals surface area contributed by atoms with E-state index in [0.717, 1.165) is 6.26 Å². The van der Waals surface area contributed by atoms with Gasteiger partial charge in [0.25, 0.3) is 6.47 Å². The van der Waals surface area contributed by atoms with Crippen LogP contribution in [0.1, 0.15) is 58.9 Å². The maximum Gasteiger partial charge on any atom is 0.484 e. The minimum Gasteiger partial charge on any atom is -0.482 e. The fourth-order valence-corrected chi connectivity index (χ4v) is 9.34.